The predicted molar refractivity (Wildman–Crippen MR) is 85.6 cm³/mol. The molecule has 1 aliphatic heterocycles. The number of nitrogens with one attached hydrogen (secondary N) is 1. The molecule has 1 aliphatic rings. The number of benzene rings is 1. The summed E-state index contributed by atoms with van der Waals surface area (Å²) in [5.74, 6) is -0.0529. The average molecular weight is 312 g/mol. The minimum atomic E-state index is -0.0529. The molecular formula is C15H22ClN3O2. The Labute approximate surface area is 130 Å². The zero-order valence-electron chi connectivity index (χ0n) is 12.3. The van der Waals surface area contributed by atoms with E-state index in [9.17, 15) is 4.79 Å². The largest absolute Gasteiger partial charge is 0.397 e. The molecule has 0 radical (unpaired) electrons. The van der Waals surface area contributed by atoms with Crippen molar-refractivity contribution < 1.29 is 9.53 Å². The van der Waals surface area contributed by atoms with Crippen LogP contribution in [0.4, 0.5) is 11.4 Å². The van der Waals surface area contributed by atoms with Gasteiger partial charge in [-0.15, -0.1) is 0 Å². The van der Waals surface area contributed by atoms with E-state index in [-0.39, 0.29) is 5.91 Å². The molecule has 2 rings (SSSR count). The van der Waals surface area contributed by atoms with Gasteiger partial charge in [0, 0.05) is 37.2 Å². The lowest BCUT2D eigenvalue weighted by Crippen LogP contribution is -2.38. The molecule has 1 heterocycles. The fraction of sp³-hybridized carbons (Fsp3) is 0.533. The van der Waals surface area contributed by atoms with Gasteiger partial charge in [-0.2, -0.15) is 0 Å². The molecule has 1 aromatic carbocycles. The van der Waals surface area contributed by atoms with E-state index in [0.717, 1.165) is 32.6 Å². The van der Waals surface area contributed by atoms with Crippen LogP contribution in [-0.4, -0.2) is 43.7 Å². The maximum Gasteiger partial charge on any atom is 0.225 e. The highest BCUT2D eigenvalue weighted by Crippen LogP contribution is 2.23. The smallest absolute Gasteiger partial charge is 0.225 e. The maximum absolute atomic E-state index is 12.0. The van der Waals surface area contributed by atoms with Gasteiger partial charge in [-0.1, -0.05) is 11.6 Å². The third-order valence-corrected chi connectivity index (χ3v) is 4.03. The number of nitrogen functional groups attached to an aromatic ring is 1. The first-order valence-electron chi connectivity index (χ1n) is 7.19. The van der Waals surface area contributed by atoms with E-state index in [4.69, 9.17) is 22.1 Å². The first kappa shape index (κ1) is 16.1. The third kappa shape index (κ3) is 4.88. The van der Waals surface area contributed by atoms with Crippen LogP contribution in [0, 0.1) is 0 Å². The second kappa shape index (κ2) is 7.64. The summed E-state index contributed by atoms with van der Waals surface area (Å²) in [7, 11) is 2.05. The van der Waals surface area contributed by atoms with Crippen molar-refractivity contribution in [3.05, 3.63) is 23.2 Å². The number of hydrogen-bond donors (Lipinski definition) is 2. The Morgan fingerprint density at radius 2 is 2.19 bits per heavy atom. The van der Waals surface area contributed by atoms with Gasteiger partial charge < -0.3 is 20.7 Å². The second-order valence-electron chi connectivity index (χ2n) is 5.35. The Morgan fingerprint density at radius 1 is 1.48 bits per heavy atom. The van der Waals surface area contributed by atoms with Gasteiger partial charge >= 0.3 is 0 Å². The number of carbonyl (C=O) groups is 1. The Kier molecular flexibility index (Phi) is 5.85. The highest BCUT2D eigenvalue weighted by molar-refractivity contribution is 6.31. The van der Waals surface area contributed by atoms with Crippen LogP contribution in [0.3, 0.4) is 0 Å². The van der Waals surface area contributed by atoms with E-state index in [1.165, 1.54) is 0 Å². The van der Waals surface area contributed by atoms with Crippen molar-refractivity contribution >= 4 is 28.9 Å². The molecule has 0 saturated carbocycles. The first-order chi connectivity index (χ1) is 10.1. The fourth-order valence-electron chi connectivity index (χ4n) is 2.44. The van der Waals surface area contributed by atoms with Gasteiger partial charge in [-0.25, -0.2) is 0 Å². The molecule has 0 bridgehead atoms. The minimum absolute atomic E-state index is 0.0529. The van der Waals surface area contributed by atoms with Crippen LogP contribution in [-0.2, 0) is 9.53 Å². The molecule has 116 valence electrons. The molecule has 0 unspecified atom stereocenters. The SMILES string of the molecule is CN(CCC(=O)Nc1cc(Cl)ccc1N)C1CCOCC1. The van der Waals surface area contributed by atoms with Gasteiger partial charge in [0.05, 0.1) is 11.4 Å². The molecule has 1 aromatic rings. The lowest BCUT2D eigenvalue weighted by Gasteiger charge is -2.30. The first-order valence-corrected chi connectivity index (χ1v) is 7.57. The molecule has 3 N–H and O–H groups in total. The molecule has 0 aliphatic carbocycles. The zero-order valence-corrected chi connectivity index (χ0v) is 13.0. The summed E-state index contributed by atoms with van der Waals surface area (Å²) in [6.45, 7) is 2.33. The monoisotopic (exact) mass is 311 g/mol. The highest BCUT2D eigenvalue weighted by atomic mass is 35.5. The van der Waals surface area contributed by atoms with E-state index in [1.807, 2.05) is 0 Å². The van der Waals surface area contributed by atoms with Crippen molar-refractivity contribution in [3.63, 3.8) is 0 Å². The summed E-state index contributed by atoms with van der Waals surface area (Å²) < 4.78 is 5.35. The van der Waals surface area contributed by atoms with Crippen LogP contribution in [0.5, 0.6) is 0 Å². The normalized spacial score (nSPS) is 16.1. The molecule has 0 spiro atoms. The van der Waals surface area contributed by atoms with Crippen LogP contribution in [0.2, 0.25) is 5.02 Å². The van der Waals surface area contributed by atoms with Gasteiger partial charge in [-0.05, 0) is 38.1 Å². The van der Waals surface area contributed by atoms with Crippen molar-refractivity contribution in [3.8, 4) is 0 Å². The van der Waals surface area contributed by atoms with E-state index < -0.39 is 0 Å². The molecule has 1 fully saturated rings. The molecule has 6 heteroatoms. The fourth-order valence-corrected chi connectivity index (χ4v) is 2.61. The number of amides is 1. The van der Waals surface area contributed by atoms with E-state index in [0.29, 0.717) is 28.9 Å². The molecule has 5 nitrogen and oxygen atoms in total. The summed E-state index contributed by atoms with van der Waals surface area (Å²) in [5, 5.41) is 3.36. The summed E-state index contributed by atoms with van der Waals surface area (Å²) in [4.78, 5) is 14.2. The third-order valence-electron chi connectivity index (χ3n) is 3.80. The standard InChI is InChI=1S/C15H22ClN3O2/c1-19(12-5-8-21-9-6-12)7-4-15(20)18-14-10-11(16)2-3-13(14)17/h2-3,10,12H,4-9,17H2,1H3,(H,18,20). The van der Waals surface area contributed by atoms with Crippen molar-refractivity contribution in [2.75, 3.05) is 37.9 Å². The lowest BCUT2D eigenvalue weighted by molar-refractivity contribution is -0.116. The van der Waals surface area contributed by atoms with Crippen molar-refractivity contribution in [2.45, 2.75) is 25.3 Å². The number of halogens is 1. The molecule has 0 atom stereocenters. The number of ether oxygens (including phenoxy) is 1. The summed E-state index contributed by atoms with van der Waals surface area (Å²) in [6.07, 6.45) is 2.48. The van der Waals surface area contributed by atoms with E-state index >= 15 is 0 Å². The van der Waals surface area contributed by atoms with Crippen LogP contribution in [0.1, 0.15) is 19.3 Å². The molecule has 0 aromatic heterocycles. The Hall–Kier alpha value is -1.30. The zero-order chi connectivity index (χ0) is 15.2. The van der Waals surface area contributed by atoms with Gasteiger partial charge in [0.25, 0.3) is 0 Å². The van der Waals surface area contributed by atoms with Gasteiger partial charge in [-0.3, -0.25) is 4.79 Å². The van der Waals surface area contributed by atoms with Crippen molar-refractivity contribution in [1.82, 2.24) is 4.90 Å². The Bertz CT molecular complexity index is 490. The van der Waals surface area contributed by atoms with Crippen LogP contribution in [0.15, 0.2) is 18.2 Å². The molecule has 21 heavy (non-hydrogen) atoms. The minimum Gasteiger partial charge on any atom is -0.397 e. The number of hydrogen-bond acceptors (Lipinski definition) is 4. The van der Waals surface area contributed by atoms with E-state index in [2.05, 4.69) is 17.3 Å². The highest BCUT2D eigenvalue weighted by Gasteiger charge is 2.18. The number of anilines is 2. The summed E-state index contributed by atoms with van der Waals surface area (Å²) >= 11 is 5.90. The van der Waals surface area contributed by atoms with Gasteiger partial charge in [0.2, 0.25) is 5.91 Å². The summed E-state index contributed by atoms with van der Waals surface area (Å²) in [5.41, 5.74) is 6.90. The van der Waals surface area contributed by atoms with Gasteiger partial charge in [0.1, 0.15) is 0 Å². The van der Waals surface area contributed by atoms with Gasteiger partial charge in [0.15, 0.2) is 0 Å². The Morgan fingerprint density at radius 3 is 2.90 bits per heavy atom. The predicted octanol–water partition coefficient (Wildman–Crippen LogP) is 2.36. The number of carbonyl (C=O) groups excluding carboxylic acids is 1. The summed E-state index contributed by atoms with van der Waals surface area (Å²) in [6, 6.07) is 5.55. The van der Waals surface area contributed by atoms with E-state index in [1.54, 1.807) is 18.2 Å². The number of nitrogens with two attached hydrogens (primary N) is 1. The molecule has 1 amide bonds. The topological polar surface area (TPSA) is 67.6 Å². The molecule has 1 saturated heterocycles. The number of rotatable bonds is 5. The van der Waals surface area contributed by atoms with Crippen molar-refractivity contribution in [1.29, 1.82) is 0 Å². The lowest BCUT2D eigenvalue weighted by atomic mass is 10.1. The van der Waals surface area contributed by atoms with Crippen LogP contribution in [0.25, 0.3) is 0 Å². The van der Waals surface area contributed by atoms with Crippen LogP contribution >= 0.6 is 11.6 Å². The Balaban J connectivity index is 1.80. The second-order valence-corrected chi connectivity index (χ2v) is 5.79. The van der Waals surface area contributed by atoms with Crippen molar-refractivity contribution in [2.24, 2.45) is 0 Å². The molecular weight excluding hydrogens is 290 g/mol. The number of nitrogens with zero attached hydrogens (tertiary/aromatic N) is 1. The average Bonchev–Trinajstić information content (AvgIpc) is 2.49. The quantitative estimate of drug-likeness (QED) is 0.819. The van der Waals surface area contributed by atoms with Crippen LogP contribution < -0.4 is 11.1 Å². The maximum atomic E-state index is 12.0.